The van der Waals surface area contributed by atoms with Crippen LogP contribution in [0.2, 0.25) is 15.1 Å². The lowest BCUT2D eigenvalue weighted by Gasteiger charge is -2.40. The van der Waals surface area contributed by atoms with Crippen LogP contribution < -0.4 is 10.2 Å². The maximum atomic E-state index is 12.5. The Morgan fingerprint density at radius 1 is 1.16 bits per heavy atom. The van der Waals surface area contributed by atoms with E-state index in [2.05, 4.69) is 49.1 Å². The molecule has 2 aromatic carbocycles. The Labute approximate surface area is 201 Å². The van der Waals surface area contributed by atoms with Gasteiger partial charge in [0.25, 0.3) is 5.91 Å². The Bertz CT molecular complexity index is 1200. The van der Waals surface area contributed by atoms with Gasteiger partial charge in [0.15, 0.2) is 5.17 Å². The second-order valence-corrected chi connectivity index (χ2v) is 10.2. The molecule has 1 saturated heterocycles. The molecule has 0 spiro atoms. The molecular formula is C23H20Cl3N3OS. The molecular weight excluding hydrogens is 473 g/mol. The van der Waals surface area contributed by atoms with Crippen molar-refractivity contribution in [3.8, 4) is 0 Å². The second kappa shape index (κ2) is 8.21. The number of rotatable bonds is 2. The SMILES string of the molecule is CC1=CC(C)(C)N(C)c2cc(Cl)c(/C=C3\SC(=Nc4cccc(Cl)c4Cl)NC3=O)cc21. The summed E-state index contributed by atoms with van der Waals surface area (Å²) in [5.74, 6) is -0.235. The minimum absolute atomic E-state index is 0.103. The lowest BCUT2D eigenvalue weighted by atomic mass is 9.88. The number of likely N-dealkylation sites (N-methyl/N-ethyl adjacent to an activating group) is 1. The molecule has 1 amide bonds. The minimum Gasteiger partial charge on any atom is -0.365 e. The molecule has 2 aromatic rings. The largest absolute Gasteiger partial charge is 0.365 e. The second-order valence-electron chi connectivity index (χ2n) is 7.99. The molecule has 0 atom stereocenters. The minimum atomic E-state index is -0.235. The monoisotopic (exact) mass is 491 g/mol. The summed E-state index contributed by atoms with van der Waals surface area (Å²) in [5.41, 5.74) is 4.52. The van der Waals surface area contributed by atoms with Crippen LogP contribution in [0.4, 0.5) is 11.4 Å². The number of hydrogen-bond acceptors (Lipinski definition) is 4. The zero-order chi connectivity index (χ0) is 22.5. The Morgan fingerprint density at radius 2 is 1.90 bits per heavy atom. The van der Waals surface area contributed by atoms with Gasteiger partial charge in [0, 0.05) is 23.3 Å². The van der Waals surface area contributed by atoms with Crippen molar-refractivity contribution < 1.29 is 4.79 Å². The number of allylic oxidation sites excluding steroid dienone is 1. The van der Waals surface area contributed by atoms with E-state index in [4.69, 9.17) is 34.8 Å². The van der Waals surface area contributed by atoms with E-state index in [1.54, 1.807) is 24.3 Å². The number of nitrogens with zero attached hydrogens (tertiary/aromatic N) is 2. The Hall–Kier alpha value is -1.92. The smallest absolute Gasteiger partial charge is 0.264 e. The van der Waals surface area contributed by atoms with Crippen LogP contribution in [0, 0.1) is 0 Å². The molecule has 1 fully saturated rings. The van der Waals surface area contributed by atoms with Crippen molar-refractivity contribution in [3.63, 3.8) is 0 Å². The number of anilines is 1. The molecule has 2 heterocycles. The first kappa shape index (κ1) is 22.3. The summed E-state index contributed by atoms with van der Waals surface area (Å²) in [6.45, 7) is 6.42. The van der Waals surface area contributed by atoms with Gasteiger partial charge in [-0.1, -0.05) is 46.9 Å². The van der Waals surface area contributed by atoms with Crippen molar-refractivity contribution in [2.24, 2.45) is 4.99 Å². The first-order valence-corrected chi connectivity index (χ1v) is 11.5. The number of amides is 1. The van der Waals surface area contributed by atoms with Gasteiger partial charge in [-0.15, -0.1) is 0 Å². The highest BCUT2D eigenvalue weighted by molar-refractivity contribution is 8.18. The predicted molar refractivity (Wildman–Crippen MR) is 135 cm³/mol. The number of amidine groups is 1. The molecule has 2 aliphatic rings. The molecule has 8 heteroatoms. The van der Waals surface area contributed by atoms with E-state index in [0.29, 0.717) is 30.8 Å². The lowest BCUT2D eigenvalue weighted by molar-refractivity contribution is -0.115. The third kappa shape index (κ3) is 4.24. The summed E-state index contributed by atoms with van der Waals surface area (Å²) >= 11 is 20.1. The summed E-state index contributed by atoms with van der Waals surface area (Å²) in [4.78, 5) is 19.7. The zero-order valence-corrected chi connectivity index (χ0v) is 20.5. The van der Waals surface area contributed by atoms with Gasteiger partial charge >= 0.3 is 0 Å². The zero-order valence-electron chi connectivity index (χ0n) is 17.4. The number of halogens is 3. The van der Waals surface area contributed by atoms with Gasteiger partial charge in [0.1, 0.15) is 0 Å². The highest BCUT2D eigenvalue weighted by Crippen LogP contribution is 2.41. The third-order valence-corrected chi connectivity index (χ3v) is 7.47. The number of hydrogen-bond donors (Lipinski definition) is 1. The van der Waals surface area contributed by atoms with E-state index in [9.17, 15) is 4.79 Å². The average molecular weight is 493 g/mol. The molecule has 1 N–H and O–H groups in total. The summed E-state index contributed by atoms with van der Waals surface area (Å²) in [6.07, 6.45) is 4.02. The number of benzene rings is 2. The van der Waals surface area contributed by atoms with E-state index in [-0.39, 0.29) is 11.4 Å². The number of carbonyl (C=O) groups is 1. The van der Waals surface area contributed by atoms with Crippen molar-refractivity contribution in [2.45, 2.75) is 26.3 Å². The Balaban J connectivity index is 1.68. The predicted octanol–water partition coefficient (Wildman–Crippen LogP) is 7.17. The van der Waals surface area contributed by atoms with Gasteiger partial charge in [-0.25, -0.2) is 4.99 Å². The van der Waals surface area contributed by atoms with Crippen LogP contribution >= 0.6 is 46.6 Å². The first-order valence-electron chi connectivity index (χ1n) is 9.57. The van der Waals surface area contributed by atoms with Gasteiger partial charge in [0.05, 0.1) is 26.2 Å². The van der Waals surface area contributed by atoms with E-state index in [1.807, 2.05) is 12.1 Å². The Morgan fingerprint density at radius 3 is 2.65 bits per heavy atom. The van der Waals surface area contributed by atoms with Gasteiger partial charge < -0.3 is 10.2 Å². The highest BCUT2D eigenvalue weighted by atomic mass is 35.5. The number of carbonyl (C=O) groups excluding carboxylic acids is 1. The molecule has 0 aliphatic carbocycles. The molecule has 0 bridgehead atoms. The van der Waals surface area contributed by atoms with Gasteiger partial charge in [-0.05, 0) is 74.0 Å². The fourth-order valence-electron chi connectivity index (χ4n) is 3.61. The third-order valence-electron chi connectivity index (χ3n) is 5.43. The fraction of sp³-hybridized carbons (Fsp3) is 0.217. The van der Waals surface area contributed by atoms with E-state index in [0.717, 1.165) is 16.8 Å². The van der Waals surface area contributed by atoms with Crippen molar-refractivity contribution in [1.29, 1.82) is 0 Å². The fourth-order valence-corrected chi connectivity index (χ4v) is 4.98. The number of fused-ring (bicyclic) bond motifs is 1. The normalized spacial score (nSPS) is 20.2. The lowest BCUT2D eigenvalue weighted by Crippen LogP contribution is -2.42. The van der Waals surface area contributed by atoms with Crippen LogP contribution in [0.1, 0.15) is 31.9 Å². The maximum absolute atomic E-state index is 12.5. The number of aliphatic imine (C=N–C) groups is 1. The van der Waals surface area contributed by atoms with Crippen molar-refractivity contribution in [2.75, 3.05) is 11.9 Å². The van der Waals surface area contributed by atoms with Crippen LogP contribution in [0.25, 0.3) is 11.6 Å². The topological polar surface area (TPSA) is 44.7 Å². The van der Waals surface area contributed by atoms with Crippen LogP contribution in [-0.4, -0.2) is 23.7 Å². The highest BCUT2D eigenvalue weighted by Gasteiger charge is 2.30. The van der Waals surface area contributed by atoms with Gasteiger partial charge in [-0.3, -0.25) is 4.79 Å². The number of nitrogens with one attached hydrogen (secondary N) is 1. The van der Waals surface area contributed by atoms with Crippen LogP contribution in [0.3, 0.4) is 0 Å². The quantitative estimate of drug-likeness (QED) is 0.452. The summed E-state index contributed by atoms with van der Waals surface area (Å²) in [5, 5.41) is 4.54. The van der Waals surface area contributed by atoms with Crippen molar-refractivity contribution in [3.05, 3.63) is 67.5 Å². The van der Waals surface area contributed by atoms with Crippen LogP contribution in [0.5, 0.6) is 0 Å². The maximum Gasteiger partial charge on any atom is 0.264 e. The molecule has 0 radical (unpaired) electrons. The molecule has 0 unspecified atom stereocenters. The Kier molecular flexibility index (Phi) is 5.90. The molecule has 160 valence electrons. The standard InChI is InChI=1S/C23H20Cl3N3OS/c1-12-11-23(2,3)29(4)18-10-16(25)13(8-14(12)18)9-19-21(30)28-22(31-19)27-17-7-5-6-15(24)20(17)26/h5-11H,1-4H3,(H,27,28,30)/b19-9-. The molecule has 31 heavy (non-hydrogen) atoms. The molecule has 2 aliphatic heterocycles. The van der Waals surface area contributed by atoms with Crippen molar-refractivity contribution >= 4 is 80.7 Å². The van der Waals surface area contributed by atoms with E-state index >= 15 is 0 Å². The van der Waals surface area contributed by atoms with Crippen molar-refractivity contribution in [1.82, 2.24) is 5.32 Å². The van der Waals surface area contributed by atoms with E-state index < -0.39 is 0 Å². The molecule has 4 rings (SSSR count). The first-order chi connectivity index (χ1) is 14.6. The summed E-state index contributed by atoms with van der Waals surface area (Å²) in [6, 6.07) is 9.17. The average Bonchev–Trinajstić information content (AvgIpc) is 3.03. The summed E-state index contributed by atoms with van der Waals surface area (Å²) < 4.78 is 0. The van der Waals surface area contributed by atoms with Crippen LogP contribution in [0.15, 0.2) is 46.3 Å². The number of thioether (sulfide) groups is 1. The molecule has 0 saturated carbocycles. The van der Waals surface area contributed by atoms with Gasteiger partial charge in [-0.2, -0.15) is 0 Å². The van der Waals surface area contributed by atoms with Gasteiger partial charge in [0.2, 0.25) is 0 Å². The van der Waals surface area contributed by atoms with Crippen LogP contribution in [-0.2, 0) is 4.79 Å². The summed E-state index contributed by atoms with van der Waals surface area (Å²) in [7, 11) is 2.06. The van der Waals surface area contributed by atoms with E-state index in [1.165, 1.54) is 17.3 Å². The molecule has 4 nitrogen and oxygen atoms in total. The molecule has 0 aromatic heterocycles.